The Kier molecular flexibility index (Phi) is 1.89. The normalized spacial score (nSPS) is 10.4. The molecule has 2 aromatic rings. The minimum atomic E-state index is -1.03. The predicted octanol–water partition coefficient (Wildman–Crippen LogP) is 2.07. The summed E-state index contributed by atoms with van der Waals surface area (Å²) in [4.78, 5) is 14.4. The highest BCUT2D eigenvalue weighted by molar-refractivity contribution is 5.93. The van der Waals surface area contributed by atoms with Crippen LogP contribution in [0.25, 0.3) is 10.9 Å². The van der Waals surface area contributed by atoms with Crippen LogP contribution in [0.15, 0.2) is 30.5 Å². The molecule has 0 aliphatic rings. The van der Waals surface area contributed by atoms with E-state index in [1.165, 1.54) is 18.2 Å². The number of halogens is 1. The van der Waals surface area contributed by atoms with Crippen molar-refractivity contribution in [3.8, 4) is 0 Å². The van der Waals surface area contributed by atoms with Gasteiger partial charge in [0.2, 0.25) is 0 Å². The molecule has 1 N–H and O–H groups in total. The van der Waals surface area contributed by atoms with Crippen LogP contribution in [0.1, 0.15) is 10.4 Å². The Morgan fingerprint density at radius 1 is 1.36 bits per heavy atom. The predicted molar refractivity (Wildman–Crippen MR) is 48.7 cm³/mol. The van der Waals surface area contributed by atoms with E-state index in [0.29, 0.717) is 10.9 Å². The van der Waals surface area contributed by atoms with E-state index >= 15 is 0 Å². The summed E-state index contributed by atoms with van der Waals surface area (Å²) in [6, 6.07) is 5.65. The van der Waals surface area contributed by atoms with E-state index in [1.54, 1.807) is 6.07 Å². The lowest BCUT2D eigenvalue weighted by atomic mass is 10.1. The van der Waals surface area contributed by atoms with Crippen molar-refractivity contribution in [2.75, 3.05) is 0 Å². The van der Waals surface area contributed by atoms with Gasteiger partial charge in [0.1, 0.15) is 5.82 Å². The molecule has 1 aromatic carbocycles. The monoisotopic (exact) mass is 191 g/mol. The number of carbonyl (C=O) groups is 1. The molecule has 0 radical (unpaired) electrons. The second-order valence-corrected chi connectivity index (χ2v) is 2.87. The van der Waals surface area contributed by atoms with Crippen LogP contribution in [0.3, 0.4) is 0 Å². The number of fused-ring (bicyclic) bond motifs is 1. The summed E-state index contributed by atoms with van der Waals surface area (Å²) in [5, 5.41) is 9.19. The van der Waals surface area contributed by atoms with Crippen LogP contribution in [-0.4, -0.2) is 16.1 Å². The Labute approximate surface area is 78.8 Å². The zero-order chi connectivity index (χ0) is 10.1. The van der Waals surface area contributed by atoms with E-state index in [9.17, 15) is 9.18 Å². The van der Waals surface area contributed by atoms with Gasteiger partial charge in [0.25, 0.3) is 0 Å². The van der Waals surface area contributed by atoms with Gasteiger partial charge >= 0.3 is 5.97 Å². The lowest BCUT2D eigenvalue weighted by Gasteiger charge is -1.98. The second kappa shape index (κ2) is 3.06. The molecule has 0 unspecified atom stereocenters. The molecule has 1 heterocycles. The third-order valence-corrected chi connectivity index (χ3v) is 1.89. The first-order valence-electron chi connectivity index (χ1n) is 3.95. The van der Waals surface area contributed by atoms with E-state index in [1.807, 2.05) is 0 Å². The van der Waals surface area contributed by atoms with Gasteiger partial charge in [-0.25, -0.2) is 9.18 Å². The van der Waals surface area contributed by atoms with Crippen LogP contribution in [0.2, 0.25) is 0 Å². The fourth-order valence-corrected chi connectivity index (χ4v) is 1.24. The number of aromatic nitrogens is 1. The number of benzene rings is 1. The van der Waals surface area contributed by atoms with Gasteiger partial charge in [-0.1, -0.05) is 0 Å². The SMILES string of the molecule is O=C(O)c1ccc2ncc(F)cc2c1. The van der Waals surface area contributed by atoms with Gasteiger partial charge in [-0.15, -0.1) is 0 Å². The first kappa shape index (κ1) is 8.62. The highest BCUT2D eigenvalue weighted by Gasteiger charge is 2.04. The Hall–Kier alpha value is -1.97. The molecule has 3 nitrogen and oxygen atoms in total. The quantitative estimate of drug-likeness (QED) is 0.750. The molecule has 0 saturated carbocycles. The Bertz CT molecular complexity index is 510. The number of carboxylic acid groups (broad SMARTS) is 1. The average Bonchev–Trinajstić information content (AvgIpc) is 2.16. The molecule has 1 aromatic heterocycles. The lowest BCUT2D eigenvalue weighted by Crippen LogP contribution is -1.95. The van der Waals surface area contributed by atoms with Gasteiger partial charge in [-0.2, -0.15) is 0 Å². The highest BCUT2D eigenvalue weighted by Crippen LogP contribution is 2.14. The number of rotatable bonds is 1. The second-order valence-electron chi connectivity index (χ2n) is 2.87. The van der Waals surface area contributed by atoms with Gasteiger partial charge in [0, 0.05) is 5.39 Å². The van der Waals surface area contributed by atoms with E-state index in [2.05, 4.69) is 4.98 Å². The fraction of sp³-hybridized carbons (Fsp3) is 0. The molecule has 2 rings (SSSR count). The zero-order valence-corrected chi connectivity index (χ0v) is 7.07. The van der Waals surface area contributed by atoms with Crippen molar-refractivity contribution >= 4 is 16.9 Å². The van der Waals surface area contributed by atoms with Gasteiger partial charge < -0.3 is 5.11 Å². The number of hydrogen-bond donors (Lipinski definition) is 1. The number of pyridine rings is 1. The van der Waals surface area contributed by atoms with Crippen LogP contribution in [-0.2, 0) is 0 Å². The molecular weight excluding hydrogens is 185 g/mol. The number of aromatic carboxylic acids is 1. The molecule has 0 fully saturated rings. The number of carboxylic acids is 1. The van der Waals surface area contributed by atoms with Crippen LogP contribution in [0.4, 0.5) is 4.39 Å². The van der Waals surface area contributed by atoms with Crippen molar-refractivity contribution in [1.82, 2.24) is 4.98 Å². The van der Waals surface area contributed by atoms with Crippen molar-refractivity contribution < 1.29 is 14.3 Å². The number of hydrogen-bond acceptors (Lipinski definition) is 2. The molecular formula is C10H6FNO2. The largest absolute Gasteiger partial charge is 0.478 e. The van der Waals surface area contributed by atoms with Gasteiger partial charge in [0.15, 0.2) is 0 Å². The molecule has 0 bridgehead atoms. The minimum Gasteiger partial charge on any atom is -0.478 e. The molecule has 0 amide bonds. The third-order valence-electron chi connectivity index (χ3n) is 1.89. The van der Waals surface area contributed by atoms with Crippen molar-refractivity contribution in [3.63, 3.8) is 0 Å². The summed E-state index contributed by atoms with van der Waals surface area (Å²) in [6.07, 6.45) is 1.10. The maximum atomic E-state index is 12.8. The molecule has 0 saturated heterocycles. The first-order valence-corrected chi connectivity index (χ1v) is 3.95. The van der Waals surface area contributed by atoms with Crippen LogP contribution >= 0.6 is 0 Å². The standard InChI is InChI=1S/C10H6FNO2/c11-8-4-7-3-6(10(13)14)1-2-9(7)12-5-8/h1-5H,(H,13,14). The van der Waals surface area contributed by atoms with Gasteiger partial charge in [0.05, 0.1) is 17.3 Å². The molecule has 70 valence electrons. The number of nitrogens with zero attached hydrogens (tertiary/aromatic N) is 1. The lowest BCUT2D eigenvalue weighted by molar-refractivity contribution is 0.0697. The maximum absolute atomic E-state index is 12.8. The summed E-state index contributed by atoms with van der Waals surface area (Å²) in [5.74, 6) is -1.50. The van der Waals surface area contributed by atoms with E-state index in [0.717, 1.165) is 6.20 Å². The maximum Gasteiger partial charge on any atom is 0.335 e. The van der Waals surface area contributed by atoms with Crippen molar-refractivity contribution in [2.24, 2.45) is 0 Å². The van der Waals surface area contributed by atoms with E-state index in [4.69, 9.17) is 5.11 Å². The van der Waals surface area contributed by atoms with Crippen LogP contribution in [0.5, 0.6) is 0 Å². The van der Waals surface area contributed by atoms with Crippen molar-refractivity contribution in [3.05, 3.63) is 41.8 Å². The van der Waals surface area contributed by atoms with Crippen molar-refractivity contribution in [2.45, 2.75) is 0 Å². The first-order chi connectivity index (χ1) is 6.66. The molecule has 14 heavy (non-hydrogen) atoms. The zero-order valence-electron chi connectivity index (χ0n) is 7.07. The van der Waals surface area contributed by atoms with Gasteiger partial charge in [-0.3, -0.25) is 4.98 Å². The Morgan fingerprint density at radius 2 is 2.14 bits per heavy atom. The molecule has 0 atom stereocenters. The molecule has 4 heteroatoms. The highest BCUT2D eigenvalue weighted by atomic mass is 19.1. The minimum absolute atomic E-state index is 0.130. The topological polar surface area (TPSA) is 50.2 Å². The summed E-state index contributed by atoms with van der Waals surface area (Å²) in [5.41, 5.74) is 0.710. The Morgan fingerprint density at radius 3 is 2.86 bits per heavy atom. The van der Waals surface area contributed by atoms with Crippen LogP contribution < -0.4 is 0 Å². The molecule has 0 spiro atoms. The smallest absolute Gasteiger partial charge is 0.335 e. The molecule has 0 aliphatic carbocycles. The van der Waals surface area contributed by atoms with Crippen molar-refractivity contribution in [1.29, 1.82) is 0 Å². The van der Waals surface area contributed by atoms with Crippen LogP contribution in [0, 0.1) is 5.82 Å². The van der Waals surface area contributed by atoms with E-state index < -0.39 is 11.8 Å². The summed E-state index contributed by atoms with van der Waals surface area (Å²) in [6.45, 7) is 0. The summed E-state index contributed by atoms with van der Waals surface area (Å²) < 4.78 is 12.8. The summed E-state index contributed by atoms with van der Waals surface area (Å²) in [7, 11) is 0. The molecule has 0 aliphatic heterocycles. The van der Waals surface area contributed by atoms with Gasteiger partial charge in [-0.05, 0) is 24.3 Å². The Balaban J connectivity index is 2.69. The summed E-state index contributed by atoms with van der Waals surface area (Å²) >= 11 is 0. The third kappa shape index (κ3) is 1.42. The average molecular weight is 191 g/mol. The van der Waals surface area contributed by atoms with E-state index in [-0.39, 0.29) is 5.56 Å². The fourth-order valence-electron chi connectivity index (χ4n) is 1.24.